The minimum atomic E-state index is -0.317. The molecule has 0 spiro atoms. The van der Waals surface area contributed by atoms with E-state index in [1.165, 1.54) is 0 Å². The number of aromatic amines is 1. The van der Waals surface area contributed by atoms with Crippen LogP contribution in [-0.4, -0.2) is 42.0 Å². The van der Waals surface area contributed by atoms with E-state index in [-0.39, 0.29) is 12.1 Å². The number of aromatic nitrogens is 5. The number of rotatable bonds is 6. The summed E-state index contributed by atoms with van der Waals surface area (Å²) in [5.74, 6) is 0.462. The van der Waals surface area contributed by atoms with Crippen molar-refractivity contribution in [1.82, 2.24) is 30.0 Å². The van der Waals surface area contributed by atoms with Gasteiger partial charge in [0.05, 0.1) is 24.3 Å². The van der Waals surface area contributed by atoms with Gasteiger partial charge in [-0.1, -0.05) is 0 Å². The van der Waals surface area contributed by atoms with Gasteiger partial charge in [0.1, 0.15) is 0 Å². The van der Waals surface area contributed by atoms with E-state index in [4.69, 9.17) is 0 Å². The lowest BCUT2D eigenvalue weighted by molar-refractivity contribution is 0.145. The predicted molar refractivity (Wildman–Crippen MR) is 93.4 cm³/mol. The molecule has 4 rings (SSSR count). The molecule has 0 saturated heterocycles. The van der Waals surface area contributed by atoms with Crippen molar-refractivity contribution >= 4 is 0 Å². The van der Waals surface area contributed by atoms with Crippen LogP contribution in [0.15, 0.2) is 49.4 Å². The maximum absolute atomic E-state index is 10.4. The summed E-state index contributed by atoms with van der Waals surface area (Å²) >= 11 is 0. The molecule has 3 heterocycles. The van der Waals surface area contributed by atoms with Gasteiger partial charge in [-0.25, -0.2) is 4.98 Å². The zero-order chi connectivity index (χ0) is 17.1. The first-order valence-electron chi connectivity index (χ1n) is 8.59. The average Bonchev–Trinajstić information content (AvgIpc) is 3.36. The van der Waals surface area contributed by atoms with Gasteiger partial charge in [-0.05, 0) is 30.9 Å². The van der Waals surface area contributed by atoms with Crippen molar-refractivity contribution in [3.05, 3.63) is 55.0 Å². The van der Waals surface area contributed by atoms with Crippen molar-refractivity contribution in [3.8, 4) is 11.3 Å². The Bertz CT molecular complexity index is 785. The first-order valence-corrected chi connectivity index (χ1v) is 8.59. The Morgan fingerprint density at radius 3 is 3.00 bits per heavy atom. The zero-order valence-electron chi connectivity index (χ0n) is 13.9. The van der Waals surface area contributed by atoms with Crippen LogP contribution in [0.25, 0.3) is 11.3 Å². The SMILES string of the molecule is O[C@@H]1CC(Cn2ccnc2)C[C@H]1NCc1cn[nH]c1-c1cccnc1. The van der Waals surface area contributed by atoms with Gasteiger partial charge in [-0.15, -0.1) is 0 Å². The minimum absolute atomic E-state index is 0.102. The van der Waals surface area contributed by atoms with Crippen LogP contribution in [-0.2, 0) is 13.1 Å². The Labute approximate surface area is 146 Å². The molecule has 1 unspecified atom stereocenters. The molecule has 1 fully saturated rings. The number of nitrogens with one attached hydrogen (secondary N) is 2. The second kappa shape index (κ2) is 7.16. The fourth-order valence-corrected chi connectivity index (χ4v) is 3.63. The molecular formula is C18H22N6O. The molecule has 7 heteroatoms. The number of hydrogen-bond acceptors (Lipinski definition) is 5. The molecular weight excluding hydrogens is 316 g/mol. The molecule has 0 aromatic carbocycles. The number of imidazole rings is 1. The predicted octanol–water partition coefficient (Wildman–Crippen LogP) is 1.60. The summed E-state index contributed by atoms with van der Waals surface area (Å²) in [6.45, 7) is 1.57. The largest absolute Gasteiger partial charge is 0.391 e. The molecule has 25 heavy (non-hydrogen) atoms. The third-order valence-corrected chi connectivity index (χ3v) is 4.88. The molecule has 3 atom stereocenters. The van der Waals surface area contributed by atoms with Gasteiger partial charge < -0.3 is 15.0 Å². The Kier molecular flexibility index (Phi) is 4.58. The van der Waals surface area contributed by atoms with Crippen LogP contribution in [0.4, 0.5) is 0 Å². The highest BCUT2D eigenvalue weighted by Gasteiger charge is 2.32. The highest BCUT2D eigenvalue weighted by atomic mass is 16.3. The third kappa shape index (κ3) is 3.62. The lowest BCUT2D eigenvalue weighted by atomic mass is 10.1. The molecule has 3 N–H and O–H groups in total. The van der Waals surface area contributed by atoms with Crippen LogP contribution in [0, 0.1) is 5.92 Å². The average molecular weight is 338 g/mol. The van der Waals surface area contributed by atoms with Crippen molar-refractivity contribution in [2.75, 3.05) is 0 Å². The van der Waals surface area contributed by atoms with E-state index >= 15 is 0 Å². The van der Waals surface area contributed by atoms with E-state index in [1.807, 2.05) is 37.1 Å². The fraction of sp³-hybridized carbons (Fsp3) is 0.389. The van der Waals surface area contributed by atoms with Gasteiger partial charge >= 0.3 is 0 Å². The Balaban J connectivity index is 1.37. The van der Waals surface area contributed by atoms with E-state index in [9.17, 15) is 5.11 Å². The van der Waals surface area contributed by atoms with E-state index in [1.54, 1.807) is 12.4 Å². The van der Waals surface area contributed by atoms with Crippen LogP contribution in [0.5, 0.6) is 0 Å². The maximum atomic E-state index is 10.4. The van der Waals surface area contributed by atoms with Crippen LogP contribution in [0.3, 0.4) is 0 Å². The first kappa shape index (κ1) is 16.0. The van der Waals surface area contributed by atoms with Gasteiger partial charge in [-0.3, -0.25) is 10.1 Å². The highest BCUT2D eigenvalue weighted by molar-refractivity contribution is 5.61. The van der Waals surface area contributed by atoms with E-state index < -0.39 is 0 Å². The summed E-state index contributed by atoms with van der Waals surface area (Å²) in [6.07, 6.45) is 12.5. The van der Waals surface area contributed by atoms with E-state index in [0.29, 0.717) is 12.5 Å². The quantitative estimate of drug-likeness (QED) is 0.635. The van der Waals surface area contributed by atoms with Crippen molar-refractivity contribution in [1.29, 1.82) is 0 Å². The van der Waals surface area contributed by atoms with Crippen LogP contribution in [0.2, 0.25) is 0 Å². The fourth-order valence-electron chi connectivity index (χ4n) is 3.63. The molecule has 0 radical (unpaired) electrons. The zero-order valence-corrected chi connectivity index (χ0v) is 13.9. The maximum Gasteiger partial charge on any atom is 0.0945 e. The minimum Gasteiger partial charge on any atom is -0.391 e. The van der Waals surface area contributed by atoms with Gasteiger partial charge in [0.2, 0.25) is 0 Å². The van der Waals surface area contributed by atoms with Gasteiger partial charge in [0, 0.05) is 55.0 Å². The molecule has 3 aromatic rings. The Morgan fingerprint density at radius 1 is 1.24 bits per heavy atom. The third-order valence-electron chi connectivity index (χ3n) is 4.88. The molecule has 1 aliphatic rings. The summed E-state index contributed by atoms with van der Waals surface area (Å²) < 4.78 is 2.08. The van der Waals surface area contributed by atoms with Gasteiger partial charge in [0.15, 0.2) is 0 Å². The first-order chi connectivity index (χ1) is 12.3. The van der Waals surface area contributed by atoms with E-state index in [0.717, 1.165) is 36.2 Å². The molecule has 7 nitrogen and oxygen atoms in total. The van der Waals surface area contributed by atoms with Crippen molar-refractivity contribution < 1.29 is 5.11 Å². The summed E-state index contributed by atoms with van der Waals surface area (Å²) in [5.41, 5.74) is 3.07. The standard InChI is InChI=1S/C18H22N6O/c25-17-7-13(11-24-5-4-20-12-24)6-16(17)21-9-15-10-22-23-18(15)14-2-1-3-19-8-14/h1-5,8,10,12-13,16-17,21,25H,6-7,9,11H2,(H,22,23)/t13?,16-,17-/m1/s1. The molecule has 3 aromatic heterocycles. The number of hydrogen-bond donors (Lipinski definition) is 3. The summed E-state index contributed by atoms with van der Waals surface area (Å²) in [6, 6.07) is 4.02. The monoisotopic (exact) mass is 338 g/mol. The van der Waals surface area contributed by atoms with Crippen molar-refractivity contribution in [2.45, 2.75) is 38.1 Å². The molecule has 0 bridgehead atoms. The summed E-state index contributed by atoms with van der Waals surface area (Å²) in [5, 5.41) is 21.1. The number of aliphatic hydroxyl groups excluding tert-OH is 1. The van der Waals surface area contributed by atoms with E-state index in [2.05, 4.69) is 30.0 Å². The summed E-state index contributed by atoms with van der Waals surface area (Å²) in [7, 11) is 0. The van der Waals surface area contributed by atoms with Crippen LogP contribution >= 0.6 is 0 Å². The molecule has 130 valence electrons. The number of aliphatic hydroxyl groups is 1. The van der Waals surface area contributed by atoms with Crippen molar-refractivity contribution in [2.24, 2.45) is 5.92 Å². The van der Waals surface area contributed by atoms with Gasteiger partial charge in [0.25, 0.3) is 0 Å². The van der Waals surface area contributed by atoms with Gasteiger partial charge in [-0.2, -0.15) is 5.10 Å². The smallest absolute Gasteiger partial charge is 0.0945 e. The topological polar surface area (TPSA) is 91.6 Å². The number of pyridine rings is 1. The normalized spacial score (nSPS) is 23.2. The molecule has 1 saturated carbocycles. The lowest BCUT2D eigenvalue weighted by Crippen LogP contribution is -2.35. The molecule has 1 aliphatic carbocycles. The number of H-pyrrole nitrogens is 1. The van der Waals surface area contributed by atoms with Crippen LogP contribution in [0.1, 0.15) is 18.4 Å². The second-order valence-corrected chi connectivity index (χ2v) is 6.66. The molecule has 0 amide bonds. The number of nitrogens with zero attached hydrogens (tertiary/aromatic N) is 4. The van der Waals surface area contributed by atoms with Crippen molar-refractivity contribution in [3.63, 3.8) is 0 Å². The Hall–Kier alpha value is -2.51. The van der Waals surface area contributed by atoms with Crippen LogP contribution < -0.4 is 5.32 Å². The Morgan fingerprint density at radius 2 is 2.20 bits per heavy atom. The lowest BCUT2D eigenvalue weighted by Gasteiger charge is -2.16. The second-order valence-electron chi connectivity index (χ2n) is 6.66. The summed E-state index contributed by atoms with van der Waals surface area (Å²) in [4.78, 5) is 8.24. The molecule has 0 aliphatic heterocycles. The highest BCUT2D eigenvalue weighted by Crippen LogP contribution is 2.28.